The molecule has 0 bridgehead atoms. The number of hydrogen-bond donors (Lipinski definition) is 1. The van der Waals surface area contributed by atoms with Crippen molar-refractivity contribution in [3.63, 3.8) is 0 Å². The van der Waals surface area contributed by atoms with Crippen LogP contribution in [-0.2, 0) is 8.85 Å². The Hall–Kier alpha value is 0.0551. The predicted molar refractivity (Wildman–Crippen MR) is 239 cm³/mol. The maximum absolute atomic E-state index is 12.5. The van der Waals surface area contributed by atoms with Crippen LogP contribution in [0.2, 0.25) is 118 Å². The van der Waals surface area contributed by atoms with Crippen molar-refractivity contribution in [2.24, 2.45) is 11.8 Å². The second-order valence-electron chi connectivity index (χ2n) is 21.5. The standard InChI is InChI=1S/C38H76O3Si8/c1-42(2,3)48(43(4,5)6,44(7,8)9)40-37(33-28-23-20-24-29-33)35-31-25-30-34(36(39)32-26-21-19-22-27-32)38(35)41-49(45(10,11)12,46(13,14)15)47(16,17)18/h19-24,26-29,34-39H,25,30-31H2,1-18H3/t34-,35-,36-,37-,38-/m0/s1. The molecule has 0 saturated heterocycles. The van der Waals surface area contributed by atoms with Gasteiger partial charge in [-0.3, -0.25) is 0 Å². The van der Waals surface area contributed by atoms with E-state index in [0.29, 0.717) is 0 Å². The van der Waals surface area contributed by atoms with Gasteiger partial charge in [0.15, 0.2) is 13.7 Å². The van der Waals surface area contributed by atoms with Crippen molar-refractivity contribution in [2.45, 2.75) is 155 Å². The van der Waals surface area contributed by atoms with Crippen LogP contribution < -0.4 is 0 Å². The number of aliphatic hydroxyl groups is 1. The summed E-state index contributed by atoms with van der Waals surface area (Å²) in [6, 6.07) is 21.9. The van der Waals surface area contributed by atoms with Crippen LogP contribution in [0, 0.1) is 11.8 Å². The molecule has 0 aliphatic heterocycles. The number of rotatable bonds is 14. The second-order valence-corrected chi connectivity index (χ2v) is 100. The molecule has 3 nitrogen and oxygen atoms in total. The van der Waals surface area contributed by atoms with Gasteiger partial charge >= 0.3 is 0 Å². The van der Waals surface area contributed by atoms with Gasteiger partial charge < -0.3 is 14.0 Å². The minimum atomic E-state index is -2.25. The van der Waals surface area contributed by atoms with Crippen molar-refractivity contribution in [1.82, 2.24) is 0 Å². The molecule has 0 amide bonds. The minimum absolute atomic E-state index is 0.00887. The molecule has 0 heterocycles. The van der Waals surface area contributed by atoms with Crippen molar-refractivity contribution in [3.8, 4) is 0 Å². The van der Waals surface area contributed by atoms with Crippen molar-refractivity contribution >= 4 is 59.3 Å². The van der Waals surface area contributed by atoms with E-state index in [1.165, 1.54) is 5.56 Å². The zero-order chi connectivity index (χ0) is 37.6. The smallest absolute Gasteiger partial charge is 0.158 e. The number of hydrogen-bond acceptors (Lipinski definition) is 3. The average Bonchev–Trinajstić information content (AvgIpc) is 2.93. The summed E-state index contributed by atoms with van der Waals surface area (Å²) < 4.78 is 16.9. The molecular weight excluding hydrogens is 729 g/mol. The molecule has 278 valence electrons. The lowest BCUT2D eigenvalue weighted by Gasteiger charge is -2.61. The van der Waals surface area contributed by atoms with Gasteiger partial charge in [0.25, 0.3) is 0 Å². The van der Waals surface area contributed by atoms with E-state index in [4.69, 9.17) is 8.85 Å². The summed E-state index contributed by atoms with van der Waals surface area (Å²) in [5.41, 5.74) is 2.37. The van der Waals surface area contributed by atoms with Crippen LogP contribution in [-0.4, -0.2) is 70.5 Å². The first-order chi connectivity index (χ1) is 22.1. The first kappa shape index (κ1) is 43.5. The lowest BCUT2D eigenvalue weighted by Crippen LogP contribution is -2.85. The molecule has 1 saturated carbocycles. The Labute approximate surface area is 310 Å². The lowest BCUT2D eigenvalue weighted by molar-refractivity contribution is -0.0654. The van der Waals surface area contributed by atoms with Gasteiger partial charge in [0.1, 0.15) is 0 Å². The fourth-order valence-electron chi connectivity index (χ4n) is 12.2. The monoisotopic (exact) mass is 804 g/mol. The summed E-state index contributed by atoms with van der Waals surface area (Å²) in [6.07, 6.45) is 2.63. The third-order valence-electron chi connectivity index (χ3n) is 11.9. The molecule has 1 aliphatic rings. The maximum atomic E-state index is 12.5. The number of benzene rings is 2. The van der Waals surface area contributed by atoms with Crippen LogP contribution >= 0.6 is 0 Å². The molecule has 1 N–H and O–H groups in total. The van der Waals surface area contributed by atoms with E-state index in [9.17, 15) is 5.11 Å². The van der Waals surface area contributed by atoms with Crippen molar-refractivity contribution < 1.29 is 14.0 Å². The molecule has 5 atom stereocenters. The van der Waals surface area contributed by atoms with Crippen LogP contribution in [0.4, 0.5) is 0 Å². The molecule has 2 aromatic rings. The highest BCUT2D eigenvalue weighted by Gasteiger charge is 2.67. The minimum Gasteiger partial charge on any atom is -0.422 e. The Morgan fingerprint density at radius 3 is 1.20 bits per heavy atom. The fraction of sp³-hybridized carbons (Fsp3) is 0.684. The van der Waals surface area contributed by atoms with Gasteiger partial charge in [0.05, 0.1) is 63.9 Å². The van der Waals surface area contributed by atoms with Gasteiger partial charge in [-0.1, -0.05) is 185 Å². The summed E-state index contributed by atoms with van der Waals surface area (Å²) in [7, 11) is -10.5. The fourth-order valence-corrected chi connectivity index (χ4v) is 200. The normalized spacial score (nSPS) is 22.1. The van der Waals surface area contributed by atoms with E-state index in [0.717, 1.165) is 24.8 Å². The van der Waals surface area contributed by atoms with E-state index in [2.05, 4.69) is 179 Å². The molecule has 0 radical (unpaired) electrons. The molecule has 2 aromatic carbocycles. The molecule has 0 spiro atoms. The van der Waals surface area contributed by atoms with E-state index >= 15 is 0 Å². The summed E-state index contributed by atoms with van der Waals surface area (Å²) >= 11 is 0. The van der Waals surface area contributed by atoms with E-state index < -0.39 is 65.4 Å². The Morgan fingerprint density at radius 1 is 0.490 bits per heavy atom. The third-order valence-corrected chi connectivity index (χ3v) is 147. The Morgan fingerprint density at radius 2 is 0.837 bits per heavy atom. The third kappa shape index (κ3) is 8.42. The summed E-state index contributed by atoms with van der Waals surface area (Å²) in [6.45, 7) is 43.1. The van der Waals surface area contributed by atoms with E-state index in [1.807, 2.05) is 0 Å². The Kier molecular flexibility index (Phi) is 13.4. The molecule has 0 unspecified atom stereocenters. The Bertz CT molecular complexity index is 1270. The highest BCUT2D eigenvalue weighted by molar-refractivity contribution is 7.88. The van der Waals surface area contributed by atoms with Gasteiger partial charge in [-0.15, -0.1) is 0 Å². The zero-order valence-corrected chi connectivity index (χ0v) is 43.0. The highest BCUT2D eigenvalue weighted by atomic mass is 29.9. The average molecular weight is 806 g/mol. The molecule has 49 heavy (non-hydrogen) atoms. The van der Waals surface area contributed by atoms with Crippen molar-refractivity contribution in [1.29, 1.82) is 0 Å². The van der Waals surface area contributed by atoms with Gasteiger partial charge in [-0.25, -0.2) is 0 Å². The van der Waals surface area contributed by atoms with Crippen molar-refractivity contribution in [3.05, 3.63) is 71.8 Å². The molecule has 1 aliphatic carbocycles. The van der Waals surface area contributed by atoms with Gasteiger partial charge in [-0.2, -0.15) is 0 Å². The SMILES string of the molecule is C[Si](C)(C)[Si](O[C@H]1[C@H]([C@@H](O)c2ccccc2)CCC[C@H]1[C@@H](O[Si]([Si](C)(C)C)([Si](C)(C)C)[Si](C)(C)C)c1ccccc1)([Si](C)(C)C)[Si](C)(C)C. The highest BCUT2D eigenvalue weighted by Crippen LogP contribution is 2.52. The van der Waals surface area contributed by atoms with Gasteiger partial charge in [0, 0.05) is 11.8 Å². The summed E-state index contributed by atoms with van der Waals surface area (Å²) in [4.78, 5) is 0. The Balaban J connectivity index is 2.44. The number of aliphatic hydroxyl groups excluding tert-OH is 1. The van der Waals surface area contributed by atoms with E-state index in [1.54, 1.807) is 0 Å². The lowest BCUT2D eigenvalue weighted by atomic mass is 9.71. The van der Waals surface area contributed by atoms with Crippen LogP contribution in [0.5, 0.6) is 0 Å². The summed E-state index contributed by atoms with van der Waals surface area (Å²) in [5.74, 6) is 0.264. The largest absolute Gasteiger partial charge is 0.422 e. The van der Waals surface area contributed by atoms with Gasteiger partial charge in [-0.05, 0) is 24.0 Å². The maximum Gasteiger partial charge on any atom is 0.158 e. The van der Waals surface area contributed by atoms with Crippen LogP contribution in [0.25, 0.3) is 0 Å². The van der Waals surface area contributed by atoms with Crippen LogP contribution in [0.3, 0.4) is 0 Å². The summed E-state index contributed by atoms with van der Waals surface area (Å²) in [5, 5.41) is 12.5. The van der Waals surface area contributed by atoms with E-state index in [-0.39, 0.29) is 24.0 Å². The van der Waals surface area contributed by atoms with Crippen LogP contribution in [0.1, 0.15) is 42.6 Å². The topological polar surface area (TPSA) is 38.7 Å². The molecule has 1 fully saturated rings. The molecular formula is C38H76O3Si8. The van der Waals surface area contributed by atoms with Crippen molar-refractivity contribution in [2.75, 3.05) is 0 Å². The molecule has 3 rings (SSSR count). The first-order valence-electron chi connectivity index (χ1n) is 19.2. The molecule has 0 aromatic heterocycles. The zero-order valence-electron chi connectivity index (χ0n) is 35.0. The first-order valence-corrected chi connectivity index (χ1v) is 50.0. The second kappa shape index (κ2) is 15.1. The molecule has 11 heteroatoms. The van der Waals surface area contributed by atoms with Crippen LogP contribution in [0.15, 0.2) is 60.7 Å². The quantitative estimate of drug-likeness (QED) is 0.193. The predicted octanol–water partition coefficient (Wildman–Crippen LogP) is 11.7. The van der Waals surface area contributed by atoms with Gasteiger partial charge in [0.2, 0.25) is 0 Å².